The summed E-state index contributed by atoms with van der Waals surface area (Å²) >= 11 is -1.96. The summed E-state index contributed by atoms with van der Waals surface area (Å²) in [6.07, 6.45) is -4.21. The first-order valence-electron chi connectivity index (χ1n) is 9.26. The summed E-state index contributed by atoms with van der Waals surface area (Å²) in [6.45, 7) is 0. The smallest absolute Gasteiger partial charge is 0.338 e. The zero-order valence-electron chi connectivity index (χ0n) is 14.9. The molecule has 1 saturated carbocycles. The zero-order valence-corrected chi connectivity index (χ0v) is 15.7. The van der Waals surface area contributed by atoms with Crippen LogP contribution in [-0.4, -0.2) is 46.8 Å². The molecule has 5 aliphatic rings. The van der Waals surface area contributed by atoms with E-state index in [2.05, 4.69) is 0 Å². The Labute approximate surface area is 168 Å². The van der Waals surface area contributed by atoms with Gasteiger partial charge >= 0.3 is 23.3 Å². The minimum atomic E-state index is -1.96. The van der Waals surface area contributed by atoms with Gasteiger partial charge in [0.15, 0.2) is 6.10 Å². The lowest BCUT2D eigenvalue weighted by molar-refractivity contribution is -0.547. The Morgan fingerprint density at radius 3 is 1.97 bits per heavy atom. The fourth-order valence-electron chi connectivity index (χ4n) is 4.31. The van der Waals surface area contributed by atoms with Crippen molar-refractivity contribution in [1.82, 2.24) is 0 Å². The number of esters is 1. The average Bonchev–Trinajstić information content (AvgIpc) is 2.76. The molecule has 7 rings (SSSR count). The molecule has 1 aliphatic carbocycles. The highest BCUT2D eigenvalue weighted by Gasteiger charge is 2.72. The van der Waals surface area contributed by atoms with E-state index in [0.717, 1.165) is 0 Å². The third kappa shape index (κ3) is 2.63. The van der Waals surface area contributed by atoms with Crippen molar-refractivity contribution in [2.75, 3.05) is 0 Å². The molecule has 29 heavy (non-hydrogen) atoms. The highest BCUT2D eigenvalue weighted by Crippen LogP contribution is 2.54. The van der Waals surface area contributed by atoms with Crippen molar-refractivity contribution in [1.29, 1.82) is 0 Å². The normalized spacial score (nSPS) is 41.9. The van der Waals surface area contributed by atoms with Gasteiger partial charge < -0.3 is 18.9 Å². The van der Waals surface area contributed by atoms with Gasteiger partial charge in [0, 0.05) is 5.56 Å². The molecule has 0 radical (unpaired) electrons. The Hall–Kier alpha value is -2.14. The van der Waals surface area contributed by atoms with E-state index in [4.69, 9.17) is 27.3 Å². The molecule has 4 aliphatic heterocycles. The molecule has 8 nitrogen and oxygen atoms in total. The average molecular weight is 416 g/mol. The van der Waals surface area contributed by atoms with Gasteiger partial charge in [0.25, 0.3) is 0 Å². The Morgan fingerprint density at radius 2 is 1.34 bits per heavy atom. The fraction of sp³-hybridized carbons (Fsp3) is 0.350. The van der Waals surface area contributed by atoms with Crippen LogP contribution in [0.5, 0.6) is 0 Å². The molecule has 0 spiro atoms. The zero-order chi connectivity index (χ0) is 19.6. The molecule has 2 aromatic rings. The first-order valence-corrected chi connectivity index (χ1v) is 10.3. The van der Waals surface area contributed by atoms with Crippen LogP contribution in [0.2, 0.25) is 0 Å². The Kier molecular flexibility index (Phi) is 3.92. The SMILES string of the molecule is O=C(OC1[C@H]2OC3(c4ccccc4)OC4[C@H]2OS(=O)O[C@@H]4[C@H]1O3)c1ccccc1. The molecule has 0 aromatic heterocycles. The number of hydrogen-bond acceptors (Lipinski definition) is 8. The van der Waals surface area contributed by atoms with E-state index < -0.39 is 59.9 Å². The van der Waals surface area contributed by atoms with Crippen molar-refractivity contribution >= 4 is 17.3 Å². The Bertz CT molecular complexity index is 941. The molecule has 150 valence electrons. The van der Waals surface area contributed by atoms with E-state index in [9.17, 15) is 9.00 Å². The predicted molar refractivity (Wildman–Crippen MR) is 96.3 cm³/mol. The van der Waals surface area contributed by atoms with Gasteiger partial charge in [-0.25, -0.2) is 4.79 Å². The van der Waals surface area contributed by atoms with Gasteiger partial charge in [-0.3, -0.25) is 8.37 Å². The summed E-state index contributed by atoms with van der Waals surface area (Å²) in [6, 6.07) is 17.9. The first-order chi connectivity index (χ1) is 14.1. The maximum absolute atomic E-state index is 12.7. The molecule has 6 bridgehead atoms. The number of carbonyl (C=O) groups is 1. The Balaban J connectivity index is 1.36. The lowest BCUT2D eigenvalue weighted by Gasteiger charge is -2.63. The van der Waals surface area contributed by atoms with Crippen LogP contribution in [0.4, 0.5) is 0 Å². The third-order valence-electron chi connectivity index (χ3n) is 5.58. The maximum Gasteiger partial charge on any atom is 0.338 e. The predicted octanol–water partition coefficient (Wildman–Crippen LogP) is 1.58. The Morgan fingerprint density at radius 1 is 0.793 bits per heavy atom. The molecule has 4 heterocycles. The summed E-state index contributed by atoms with van der Waals surface area (Å²) in [5.74, 6) is -1.96. The molecule has 0 amide bonds. The van der Waals surface area contributed by atoms with Crippen molar-refractivity contribution in [3.05, 3.63) is 71.8 Å². The lowest BCUT2D eigenvalue weighted by Crippen LogP contribution is -2.80. The maximum atomic E-state index is 12.7. The van der Waals surface area contributed by atoms with Crippen molar-refractivity contribution in [2.24, 2.45) is 0 Å². The van der Waals surface area contributed by atoms with Crippen LogP contribution in [0.25, 0.3) is 0 Å². The van der Waals surface area contributed by atoms with Crippen LogP contribution in [-0.2, 0) is 44.6 Å². The van der Waals surface area contributed by atoms with Crippen LogP contribution < -0.4 is 0 Å². The molecule has 2 aromatic carbocycles. The van der Waals surface area contributed by atoms with Gasteiger partial charge in [0.05, 0.1) is 5.56 Å². The van der Waals surface area contributed by atoms with Crippen LogP contribution >= 0.6 is 0 Å². The van der Waals surface area contributed by atoms with Crippen molar-refractivity contribution in [3.63, 3.8) is 0 Å². The summed E-state index contributed by atoms with van der Waals surface area (Å²) in [5.41, 5.74) is 1.08. The van der Waals surface area contributed by atoms with E-state index in [0.29, 0.717) is 11.1 Å². The molecule has 4 saturated heterocycles. The van der Waals surface area contributed by atoms with E-state index in [1.54, 1.807) is 24.3 Å². The van der Waals surface area contributed by atoms with E-state index in [-0.39, 0.29) is 0 Å². The van der Waals surface area contributed by atoms with Gasteiger partial charge in [0.2, 0.25) is 0 Å². The number of rotatable bonds is 3. The number of benzene rings is 2. The largest absolute Gasteiger partial charge is 0.453 e. The molecule has 4 unspecified atom stereocenters. The van der Waals surface area contributed by atoms with Crippen molar-refractivity contribution < 1.29 is 36.3 Å². The monoisotopic (exact) mass is 416 g/mol. The molecular weight excluding hydrogens is 400 g/mol. The van der Waals surface area contributed by atoms with Crippen LogP contribution in [0, 0.1) is 0 Å². The molecule has 9 heteroatoms. The van der Waals surface area contributed by atoms with Crippen LogP contribution in [0.3, 0.4) is 0 Å². The summed E-state index contributed by atoms with van der Waals surface area (Å²) in [5, 5.41) is 0. The molecule has 0 N–H and O–H groups in total. The van der Waals surface area contributed by atoms with Gasteiger partial charge in [0.1, 0.15) is 30.5 Å². The highest BCUT2D eigenvalue weighted by atomic mass is 32.2. The summed E-state index contributed by atoms with van der Waals surface area (Å²) < 4.78 is 47.0. The number of hydrogen-bond donors (Lipinski definition) is 0. The van der Waals surface area contributed by atoms with E-state index in [1.807, 2.05) is 36.4 Å². The summed E-state index contributed by atoms with van der Waals surface area (Å²) in [4.78, 5) is 12.7. The second-order valence-electron chi connectivity index (χ2n) is 7.23. The van der Waals surface area contributed by atoms with Crippen molar-refractivity contribution in [2.45, 2.75) is 42.6 Å². The molecular formula is C20H16O8S. The second-order valence-corrected chi connectivity index (χ2v) is 8.02. The number of carbonyl (C=O) groups excluding carboxylic acids is 1. The fourth-order valence-corrected chi connectivity index (χ4v) is 5.16. The van der Waals surface area contributed by atoms with Gasteiger partial charge in [-0.1, -0.05) is 48.5 Å². The summed E-state index contributed by atoms with van der Waals surface area (Å²) in [7, 11) is 0. The van der Waals surface area contributed by atoms with Crippen LogP contribution in [0.1, 0.15) is 15.9 Å². The standard InChI is InChI=1S/C20H16O8S/c21-19(11-7-3-1-4-8-11)23-13-14-17-16-18(28-29(22)27-17)15(13)25-20(24-14,26-16)12-9-5-2-6-10-12/h1-10,13-18H/t13?,14-,15+,16?,17+,18-,20?,29?. The minimum Gasteiger partial charge on any atom is -0.453 e. The van der Waals surface area contributed by atoms with E-state index >= 15 is 0 Å². The van der Waals surface area contributed by atoms with Gasteiger partial charge in [-0.05, 0) is 12.1 Å². The topological polar surface area (TPSA) is 89.5 Å². The second kappa shape index (κ2) is 6.43. The lowest BCUT2D eigenvalue weighted by atomic mass is 9.81. The molecule has 8 atom stereocenters. The van der Waals surface area contributed by atoms with E-state index in [1.165, 1.54) is 0 Å². The van der Waals surface area contributed by atoms with Gasteiger partial charge in [-0.2, -0.15) is 4.21 Å². The minimum absolute atomic E-state index is 0.408. The molecule has 5 fully saturated rings. The first kappa shape index (κ1) is 17.7. The van der Waals surface area contributed by atoms with Crippen LogP contribution in [0.15, 0.2) is 60.7 Å². The third-order valence-corrected chi connectivity index (χ3v) is 6.33. The number of ether oxygens (including phenoxy) is 4. The van der Waals surface area contributed by atoms with Crippen molar-refractivity contribution in [3.8, 4) is 0 Å². The highest BCUT2D eigenvalue weighted by molar-refractivity contribution is 7.75. The quantitative estimate of drug-likeness (QED) is 0.697. The van der Waals surface area contributed by atoms with Gasteiger partial charge in [-0.15, -0.1) is 0 Å².